The van der Waals surface area contributed by atoms with E-state index in [1.807, 2.05) is 0 Å². The molecule has 0 radical (unpaired) electrons. The lowest BCUT2D eigenvalue weighted by Crippen LogP contribution is -2.37. The summed E-state index contributed by atoms with van der Waals surface area (Å²) in [5.74, 6) is -5.01. The summed E-state index contributed by atoms with van der Waals surface area (Å²) in [4.78, 5) is -0.901. The Morgan fingerprint density at radius 2 is 0.966 bits per heavy atom. The molecule has 12 heteroatoms. The number of hydrogen-bond donors (Lipinski definition) is 0. The molecule has 0 amide bonds. The minimum absolute atomic E-state index is 0.0505. The minimum atomic E-state index is -4.17. The number of benzene rings is 2. The van der Waals surface area contributed by atoms with E-state index < -0.39 is 53.1 Å². The summed E-state index contributed by atoms with van der Waals surface area (Å²) < 4.78 is 106. The topological polar surface area (TPSA) is 74.8 Å². The zero-order valence-electron chi connectivity index (χ0n) is 14.9. The highest BCUT2D eigenvalue weighted by molar-refractivity contribution is 7.89. The molecule has 0 N–H and O–H groups in total. The van der Waals surface area contributed by atoms with E-state index in [4.69, 9.17) is 0 Å². The Labute approximate surface area is 165 Å². The van der Waals surface area contributed by atoms with Crippen molar-refractivity contribution in [2.24, 2.45) is 0 Å². The van der Waals surface area contributed by atoms with Gasteiger partial charge in [0.05, 0.1) is 9.79 Å². The maximum absolute atomic E-state index is 13.4. The summed E-state index contributed by atoms with van der Waals surface area (Å²) in [6.07, 6.45) is 0.117. The van der Waals surface area contributed by atoms with Gasteiger partial charge in [0, 0.05) is 26.2 Å². The molecule has 1 saturated heterocycles. The van der Waals surface area contributed by atoms with Crippen LogP contribution in [0.4, 0.5) is 17.6 Å². The molecule has 0 spiro atoms. The van der Waals surface area contributed by atoms with E-state index >= 15 is 0 Å². The second-order valence-corrected chi connectivity index (χ2v) is 10.2. The molecular weight excluding hydrogens is 436 g/mol. The van der Waals surface area contributed by atoms with E-state index in [9.17, 15) is 34.4 Å². The van der Waals surface area contributed by atoms with Gasteiger partial charge in [-0.3, -0.25) is 0 Å². The van der Waals surface area contributed by atoms with Crippen molar-refractivity contribution in [1.82, 2.24) is 8.61 Å². The highest BCUT2D eigenvalue weighted by atomic mass is 32.2. The lowest BCUT2D eigenvalue weighted by Gasteiger charge is -2.22. The molecule has 0 bridgehead atoms. The number of rotatable bonds is 4. The Hall–Kier alpha value is -2.02. The van der Waals surface area contributed by atoms with Crippen LogP contribution < -0.4 is 0 Å². The van der Waals surface area contributed by atoms with E-state index in [1.165, 1.54) is 0 Å². The lowest BCUT2D eigenvalue weighted by molar-refractivity contribution is 0.403. The fourth-order valence-corrected chi connectivity index (χ4v) is 5.89. The van der Waals surface area contributed by atoms with Crippen molar-refractivity contribution >= 4 is 20.0 Å². The van der Waals surface area contributed by atoms with Crippen molar-refractivity contribution < 1.29 is 34.4 Å². The Bertz CT molecular complexity index is 1050. The van der Waals surface area contributed by atoms with Crippen LogP contribution in [-0.4, -0.2) is 51.6 Å². The van der Waals surface area contributed by atoms with Gasteiger partial charge in [0.2, 0.25) is 20.0 Å². The molecule has 1 aliphatic rings. The molecule has 2 aromatic rings. The molecule has 29 heavy (non-hydrogen) atoms. The van der Waals surface area contributed by atoms with Crippen LogP contribution >= 0.6 is 0 Å². The van der Waals surface area contributed by atoms with Crippen molar-refractivity contribution in [3.05, 3.63) is 59.7 Å². The van der Waals surface area contributed by atoms with Gasteiger partial charge < -0.3 is 0 Å². The Kier molecular flexibility index (Phi) is 5.99. The lowest BCUT2D eigenvalue weighted by atomic mass is 10.3. The second kappa shape index (κ2) is 8.01. The van der Waals surface area contributed by atoms with Gasteiger partial charge in [-0.25, -0.2) is 34.4 Å². The maximum Gasteiger partial charge on any atom is 0.243 e. The van der Waals surface area contributed by atoms with Gasteiger partial charge in [0.1, 0.15) is 0 Å². The van der Waals surface area contributed by atoms with Gasteiger partial charge in [-0.1, -0.05) is 0 Å². The monoisotopic (exact) mass is 452 g/mol. The second-order valence-electron chi connectivity index (χ2n) is 6.31. The average Bonchev–Trinajstić information content (AvgIpc) is 2.93. The number of sulfonamides is 2. The number of hydrogen-bond acceptors (Lipinski definition) is 4. The molecule has 0 atom stereocenters. The third-order valence-corrected chi connectivity index (χ3v) is 8.26. The summed E-state index contributed by atoms with van der Waals surface area (Å²) in [6.45, 7) is -0.593. The first-order valence-corrected chi connectivity index (χ1v) is 11.3. The Morgan fingerprint density at radius 3 is 1.31 bits per heavy atom. The quantitative estimate of drug-likeness (QED) is 0.668. The predicted molar refractivity (Wildman–Crippen MR) is 94.9 cm³/mol. The third-order valence-electron chi connectivity index (χ3n) is 4.47. The predicted octanol–water partition coefficient (Wildman–Crippen LogP) is 2.33. The van der Waals surface area contributed by atoms with Gasteiger partial charge in [-0.05, 0) is 42.8 Å². The third kappa shape index (κ3) is 4.29. The number of nitrogens with zero attached hydrogens (tertiary/aromatic N) is 2. The zero-order chi connectivity index (χ0) is 21.4. The fourth-order valence-electron chi connectivity index (χ4n) is 2.92. The van der Waals surface area contributed by atoms with Crippen LogP contribution in [0.1, 0.15) is 6.42 Å². The molecule has 0 aromatic heterocycles. The molecule has 1 aliphatic heterocycles. The van der Waals surface area contributed by atoms with Crippen LogP contribution in [0.15, 0.2) is 46.2 Å². The van der Waals surface area contributed by atoms with Crippen LogP contribution in [0.2, 0.25) is 0 Å². The maximum atomic E-state index is 13.4. The van der Waals surface area contributed by atoms with Gasteiger partial charge >= 0.3 is 0 Å². The molecule has 1 heterocycles. The first kappa shape index (κ1) is 21.7. The van der Waals surface area contributed by atoms with E-state index in [0.717, 1.165) is 20.7 Å². The van der Waals surface area contributed by atoms with E-state index in [0.29, 0.717) is 24.3 Å². The van der Waals surface area contributed by atoms with Crippen LogP contribution in [0.3, 0.4) is 0 Å². The fraction of sp³-hybridized carbons (Fsp3) is 0.294. The van der Waals surface area contributed by atoms with Gasteiger partial charge in [0.25, 0.3) is 0 Å². The van der Waals surface area contributed by atoms with Crippen LogP contribution in [0.25, 0.3) is 0 Å². The van der Waals surface area contributed by atoms with Gasteiger partial charge in [0.15, 0.2) is 23.3 Å². The highest BCUT2D eigenvalue weighted by Gasteiger charge is 2.32. The molecule has 2 aromatic carbocycles. The molecule has 158 valence electrons. The molecule has 6 nitrogen and oxygen atoms in total. The molecular formula is C17H16F4N2O4S2. The summed E-state index contributed by atoms with van der Waals surface area (Å²) >= 11 is 0. The van der Waals surface area contributed by atoms with Crippen LogP contribution in [0.5, 0.6) is 0 Å². The molecule has 0 saturated carbocycles. The van der Waals surface area contributed by atoms with Crippen molar-refractivity contribution in [3.63, 3.8) is 0 Å². The average molecular weight is 452 g/mol. The Balaban J connectivity index is 1.82. The normalized spacial score (nSPS) is 17.2. The summed E-state index contributed by atoms with van der Waals surface area (Å²) in [6, 6.07) is 4.36. The first-order valence-electron chi connectivity index (χ1n) is 8.44. The van der Waals surface area contributed by atoms with E-state index in [2.05, 4.69) is 0 Å². The summed E-state index contributed by atoms with van der Waals surface area (Å²) in [7, 11) is -8.35. The van der Waals surface area contributed by atoms with Crippen molar-refractivity contribution in [2.75, 3.05) is 26.2 Å². The molecule has 3 rings (SSSR count). The largest absolute Gasteiger partial charge is 0.243 e. The zero-order valence-corrected chi connectivity index (χ0v) is 16.5. The van der Waals surface area contributed by atoms with Crippen molar-refractivity contribution in [3.8, 4) is 0 Å². The number of halogens is 4. The van der Waals surface area contributed by atoms with Crippen molar-refractivity contribution in [2.45, 2.75) is 16.2 Å². The van der Waals surface area contributed by atoms with Gasteiger partial charge in [-0.15, -0.1) is 0 Å². The summed E-state index contributed by atoms with van der Waals surface area (Å²) in [5.41, 5.74) is 0. The van der Waals surface area contributed by atoms with Crippen LogP contribution in [0, 0.1) is 23.3 Å². The smallest absolute Gasteiger partial charge is 0.207 e. The molecule has 0 unspecified atom stereocenters. The van der Waals surface area contributed by atoms with Crippen molar-refractivity contribution in [1.29, 1.82) is 0 Å². The summed E-state index contributed by atoms with van der Waals surface area (Å²) in [5, 5.41) is 0. The standard InChI is InChI=1S/C17H16F4N2O4S2/c18-14-4-2-12(10-16(14)20)28(24,25)22-6-1-7-23(9-8-22)29(26,27)13-3-5-15(19)17(21)11-13/h2-5,10-11H,1,6-9H2. The van der Waals surface area contributed by atoms with E-state index in [1.54, 1.807) is 0 Å². The first-order chi connectivity index (χ1) is 13.5. The Morgan fingerprint density at radius 1 is 0.586 bits per heavy atom. The highest BCUT2D eigenvalue weighted by Crippen LogP contribution is 2.23. The molecule has 1 fully saturated rings. The van der Waals surface area contributed by atoms with Gasteiger partial charge in [-0.2, -0.15) is 8.61 Å². The van der Waals surface area contributed by atoms with E-state index in [-0.39, 0.29) is 32.6 Å². The molecule has 0 aliphatic carbocycles. The minimum Gasteiger partial charge on any atom is -0.207 e. The SMILES string of the molecule is O=S(=O)(c1ccc(F)c(F)c1)N1CCCN(S(=O)(=O)c2ccc(F)c(F)c2)CC1. The van der Waals surface area contributed by atoms with Crippen LogP contribution in [-0.2, 0) is 20.0 Å².